The van der Waals surface area contributed by atoms with Gasteiger partial charge in [0.05, 0.1) is 17.5 Å². The molecule has 3 aromatic rings. The van der Waals surface area contributed by atoms with Gasteiger partial charge in [0, 0.05) is 19.4 Å². The molecule has 0 radical (unpaired) electrons. The zero-order chi connectivity index (χ0) is 19.4. The molecule has 0 saturated heterocycles. The maximum Gasteiger partial charge on any atom is 0.195 e. The van der Waals surface area contributed by atoms with Crippen molar-refractivity contribution in [1.29, 1.82) is 0 Å². The third-order valence-corrected chi connectivity index (χ3v) is 5.35. The van der Waals surface area contributed by atoms with E-state index in [1.165, 1.54) is 11.3 Å². The number of Topliss-reactive ketones (excluding diaryl/α,β-unsaturated/α-hetero) is 1. The van der Waals surface area contributed by atoms with Crippen LogP contribution < -0.4 is 10.1 Å². The minimum Gasteiger partial charge on any atom is -0.495 e. The summed E-state index contributed by atoms with van der Waals surface area (Å²) in [5.74, 6) is 1.41. The Morgan fingerprint density at radius 3 is 2.89 bits per heavy atom. The van der Waals surface area contributed by atoms with Crippen molar-refractivity contribution in [3.05, 3.63) is 45.6 Å². The molecule has 0 saturated carbocycles. The molecule has 3 rings (SSSR count). The number of benzene rings is 1. The quantitative estimate of drug-likeness (QED) is 0.452. The Bertz CT molecular complexity index is 1000. The lowest BCUT2D eigenvalue weighted by atomic mass is 10.2. The van der Waals surface area contributed by atoms with Crippen LogP contribution in [0.25, 0.3) is 10.2 Å². The van der Waals surface area contributed by atoms with Gasteiger partial charge in [0.1, 0.15) is 22.2 Å². The van der Waals surface area contributed by atoms with E-state index in [1.54, 1.807) is 7.11 Å². The van der Waals surface area contributed by atoms with E-state index in [9.17, 15) is 9.59 Å². The predicted octanol–water partition coefficient (Wildman–Crippen LogP) is 3.97. The number of carbonyl (C=O) groups is 2. The highest BCUT2D eigenvalue weighted by Gasteiger charge is 2.13. The molecule has 0 spiro atoms. The molecule has 0 fully saturated rings. The first-order valence-electron chi connectivity index (χ1n) is 8.31. The third-order valence-electron chi connectivity index (χ3n) is 4.07. The molecule has 0 bridgehead atoms. The van der Waals surface area contributed by atoms with Crippen molar-refractivity contribution in [3.8, 4) is 5.75 Å². The fourth-order valence-corrected chi connectivity index (χ4v) is 3.89. The van der Waals surface area contributed by atoms with Crippen molar-refractivity contribution in [1.82, 2.24) is 9.97 Å². The van der Waals surface area contributed by atoms with Crippen LogP contribution in [0.5, 0.6) is 5.75 Å². The second-order valence-corrected chi connectivity index (χ2v) is 7.26. The molecule has 2 aromatic heterocycles. The van der Waals surface area contributed by atoms with Crippen LogP contribution in [-0.2, 0) is 22.6 Å². The number of ketones is 1. The predicted molar refractivity (Wildman–Crippen MR) is 107 cm³/mol. The van der Waals surface area contributed by atoms with E-state index < -0.39 is 5.78 Å². The number of methoxy groups -OCH3 is 1. The first-order valence-corrected chi connectivity index (χ1v) is 9.56. The van der Waals surface area contributed by atoms with E-state index in [0.29, 0.717) is 41.7 Å². The molecule has 0 atom stereocenters. The molecule has 0 aliphatic rings. The lowest BCUT2D eigenvalue weighted by Crippen LogP contribution is -2.08. The molecule has 27 heavy (non-hydrogen) atoms. The number of aryl methyl sites for hydroxylation is 2. The Kier molecular flexibility index (Phi) is 6.03. The minimum atomic E-state index is -0.455. The Labute approximate surface area is 165 Å². The minimum absolute atomic E-state index is 0.104. The zero-order valence-corrected chi connectivity index (χ0v) is 16.5. The summed E-state index contributed by atoms with van der Waals surface area (Å²) in [6, 6.07) is 5.59. The summed E-state index contributed by atoms with van der Waals surface area (Å²) in [5.41, 5.74) is 2.07. The van der Waals surface area contributed by atoms with Crippen LogP contribution in [0, 0.1) is 6.92 Å². The van der Waals surface area contributed by atoms with Crippen molar-refractivity contribution in [2.24, 2.45) is 0 Å². The summed E-state index contributed by atoms with van der Waals surface area (Å²) < 4.78 is 5.17. The Morgan fingerprint density at radius 1 is 1.37 bits per heavy atom. The molecule has 8 heteroatoms. The summed E-state index contributed by atoms with van der Waals surface area (Å²) in [4.78, 5) is 31.7. The average molecular weight is 404 g/mol. The number of hydrogen-bond donors (Lipinski definition) is 1. The summed E-state index contributed by atoms with van der Waals surface area (Å²) in [6.45, 7) is 2.53. The van der Waals surface area contributed by atoms with Gasteiger partial charge in [-0.2, -0.15) is 0 Å². The number of nitrogens with one attached hydrogen (secondary N) is 1. The van der Waals surface area contributed by atoms with Gasteiger partial charge < -0.3 is 10.1 Å². The largest absolute Gasteiger partial charge is 0.495 e. The van der Waals surface area contributed by atoms with Gasteiger partial charge in [-0.3, -0.25) is 9.59 Å². The Hall–Kier alpha value is -2.51. The molecular formula is C19H18ClN3O3S. The second-order valence-electron chi connectivity index (χ2n) is 5.99. The van der Waals surface area contributed by atoms with Crippen molar-refractivity contribution in [3.63, 3.8) is 0 Å². The highest BCUT2D eigenvalue weighted by Crippen LogP contribution is 2.30. The van der Waals surface area contributed by atoms with Crippen LogP contribution in [0.15, 0.2) is 23.6 Å². The average Bonchev–Trinajstić information content (AvgIpc) is 3.05. The molecule has 1 N–H and O–H groups in total. The van der Waals surface area contributed by atoms with Crippen LogP contribution in [0.4, 0.5) is 5.82 Å². The van der Waals surface area contributed by atoms with Crippen LogP contribution in [0.2, 0.25) is 5.02 Å². The Morgan fingerprint density at radius 2 is 2.19 bits per heavy atom. The van der Waals surface area contributed by atoms with Gasteiger partial charge in [-0.25, -0.2) is 9.97 Å². The number of thiophene rings is 1. The highest BCUT2D eigenvalue weighted by molar-refractivity contribution is 7.17. The summed E-state index contributed by atoms with van der Waals surface area (Å²) in [6.07, 6.45) is 0.765. The molecule has 140 valence electrons. The zero-order valence-electron chi connectivity index (χ0n) is 14.9. The summed E-state index contributed by atoms with van der Waals surface area (Å²) in [5, 5.41) is 6.87. The topological polar surface area (TPSA) is 81.2 Å². The molecule has 0 aliphatic carbocycles. The number of aldehydes is 1. The van der Waals surface area contributed by atoms with Gasteiger partial charge >= 0.3 is 0 Å². The van der Waals surface area contributed by atoms with Crippen LogP contribution >= 0.6 is 22.9 Å². The van der Waals surface area contributed by atoms with E-state index in [1.807, 2.05) is 30.5 Å². The van der Waals surface area contributed by atoms with Crippen LogP contribution in [-0.4, -0.2) is 29.1 Å². The van der Waals surface area contributed by atoms with Crippen LogP contribution in [0.3, 0.4) is 0 Å². The van der Waals surface area contributed by atoms with E-state index in [0.717, 1.165) is 21.3 Å². The maximum absolute atomic E-state index is 11.3. The smallest absolute Gasteiger partial charge is 0.195 e. The van der Waals surface area contributed by atoms with E-state index >= 15 is 0 Å². The molecule has 2 heterocycles. The molecular weight excluding hydrogens is 386 g/mol. The number of ether oxygens (including phenoxy) is 1. The second kappa shape index (κ2) is 8.45. The van der Waals surface area contributed by atoms with E-state index in [2.05, 4.69) is 15.3 Å². The van der Waals surface area contributed by atoms with Crippen molar-refractivity contribution >= 4 is 51.0 Å². The Balaban J connectivity index is 1.85. The van der Waals surface area contributed by atoms with Gasteiger partial charge in [-0.15, -0.1) is 11.3 Å². The van der Waals surface area contributed by atoms with Gasteiger partial charge in [0.15, 0.2) is 12.1 Å². The monoisotopic (exact) mass is 403 g/mol. The summed E-state index contributed by atoms with van der Waals surface area (Å²) >= 11 is 7.71. The SMILES string of the molecule is COc1ccc(CNc2nc(CCC(=O)C=O)nc3scc(C)c23)cc1Cl. The number of halogens is 1. The summed E-state index contributed by atoms with van der Waals surface area (Å²) in [7, 11) is 1.58. The normalized spacial score (nSPS) is 10.8. The fraction of sp³-hybridized carbons (Fsp3) is 0.263. The van der Waals surface area contributed by atoms with Gasteiger partial charge in [-0.05, 0) is 35.6 Å². The lowest BCUT2D eigenvalue weighted by Gasteiger charge is -2.11. The number of anilines is 1. The first-order chi connectivity index (χ1) is 13.0. The van der Waals surface area contributed by atoms with Crippen LogP contribution in [0.1, 0.15) is 23.4 Å². The maximum atomic E-state index is 11.3. The van der Waals surface area contributed by atoms with E-state index in [4.69, 9.17) is 16.3 Å². The molecule has 0 amide bonds. The molecule has 0 aliphatic heterocycles. The number of aromatic nitrogens is 2. The van der Waals surface area contributed by atoms with Crippen molar-refractivity contribution in [2.75, 3.05) is 12.4 Å². The number of hydrogen-bond acceptors (Lipinski definition) is 7. The first kappa shape index (κ1) is 19.3. The number of nitrogens with zero attached hydrogens (tertiary/aromatic N) is 2. The van der Waals surface area contributed by atoms with Crippen molar-refractivity contribution in [2.45, 2.75) is 26.3 Å². The van der Waals surface area contributed by atoms with Gasteiger partial charge in [-0.1, -0.05) is 17.7 Å². The molecule has 6 nitrogen and oxygen atoms in total. The van der Waals surface area contributed by atoms with Gasteiger partial charge in [0.25, 0.3) is 0 Å². The highest BCUT2D eigenvalue weighted by atomic mass is 35.5. The number of fused-ring (bicyclic) bond motifs is 1. The van der Waals surface area contributed by atoms with Gasteiger partial charge in [0.2, 0.25) is 0 Å². The lowest BCUT2D eigenvalue weighted by molar-refractivity contribution is -0.129. The molecule has 1 aromatic carbocycles. The fourth-order valence-electron chi connectivity index (χ4n) is 2.67. The standard InChI is InChI=1S/C19H18ClN3O3S/c1-11-10-27-19-17(11)18(22-16(23-19)6-4-13(25)9-24)21-8-12-3-5-15(26-2)14(20)7-12/h3,5,7,9-10H,4,6,8H2,1-2H3,(H,21,22,23). The molecule has 0 unspecified atom stereocenters. The number of rotatable bonds is 8. The third kappa shape index (κ3) is 4.43. The van der Waals surface area contributed by atoms with Crippen molar-refractivity contribution < 1.29 is 14.3 Å². The number of carbonyl (C=O) groups excluding carboxylic acids is 2. The van der Waals surface area contributed by atoms with E-state index in [-0.39, 0.29) is 6.42 Å².